The number of aromatic carboxylic acids is 1. The van der Waals surface area contributed by atoms with E-state index in [1.54, 1.807) is 11.3 Å². The molecule has 15 heavy (non-hydrogen) atoms. The van der Waals surface area contributed by atoms with Gasteiger partial charge in [-0.25, -0.2) is 9.78 Å². The van der Waals surface area contributed by atoms with Gasteiger partial charge in [-0.05, 0) is 11.4 Å². The maximum absolute atomic E-state index is 10.6. The third kappa shape index (κ3) is 2.29. The molecular weight excluding hydrogens is 214 g/mol. The molecule has 0 unspecified atom stereocenters. The van der Waals surface area contributed by atoms with Crippen LogP contribution in [0.5, 0.6) is 0 Å². The summed E-state index contributed by atoms with van der Waals surface area (Å²) >= 11 is 1.54. The maximum Gasteiger partial charge on any atom is 0.356 e. The highest BCUT2D eigenvalue weighted by molar-refractivity contribution is 7.08. The van der Waals surface area contributed by atoms with E-state index in [1.807, 2.05) is 16.8 Å². The Bertz CT molecular complexity index is 470. The Kier molecular flexibility index (Phi) is 2.59. The van der Waals surface area contributed by atoms with E-state index in [0.29, 0.717) is 5.82 Å². The smallest absolute Gasteiger partial charge is 0.356 e. The van der Waals surface area contributed by atoms with Gasteiger partial charge >= 0.3 is 5.97 Å². The van der Waals surface area contributed by atoms with Gasteiger partial charge in [-0.1, -0.05) is 0 Å². The summed E-state index contributed by atoms with van der Waals surface area (Å²) in [7, 11) is 0. The van der Waals surface area contributed by atoms with Crippen LogP contribution in [0.3, 0.4) is 0 Å². The van der Waals surface area contributed by atoms with Gasteiger partial charge in [0.05, 0.1) is 18.1 Å². The summed E-state index contributed by atoms with van der Waals surface area (Å²) in [6, 6.07) is 1.87. The number of aromatic nitrogens is 2. The highest BCUT2D eigenvalue weighted by Gasteiger charge is 2.05. The third-order valence-corrected chi connectivity index (χ3v) is 2.33. The molecule has 76 valence electrons. The highest BCUT2D eigenvalue weighted by Crippen LogP contribution is 2.16. The predicted molar refractivity (Wildman–Crippen MR) is 56.6 cm³/mol. The molecule has 0 atom stereocenters. The molecule has 0 aromatic carbocycles. The van der Waals surface area contributed by atoms with Gasteiger partial charge in [-0.15, -0.1) is 0 Å². The number of hydrogen-bond acceptors (Lipinski definition) is 5. The third-order valence-electron chi connectivity index (χ3n) is 1.65. The average Bonchev–Trinajstić information content (AvgIpc) is 2.71. The minimum absolute atomic E-state index is 0.0739. The molecule has 0 saturated carbocycles. The summed E-state index contributed by atoms with van der Waals surface area (Å²) in [6.45, 7) is 0. The molecule has 0 bridgehead atoms. The Labute approximate surface area is 89.4 Å². The average molecular weight is 221 g/mol. The lowest BCUT2D eigenvalue weighted by molar-refractivity contribution is 0.0690. The standard InChI is InChI=1S/C9H7N3O2S/c13-9(14)7-3-10-4-8(12-7)11-6-1-2-15-5-6/h1-5H,(H,11,12)(H,13,14). The van der Waals surface area contributed by atoms with E-state index < -0.39 is 5.97 Å². The van der Waals surface area contributed by atoms with Crippen LogP contribution in [-0.4, -0.2) is 21.0 Å². The molecule has 2 aromatic rings. The zero-order valence-electron chi connectivity index (χ0n) is 7.54. The number of thiophene rings is 1. The van der Waals surface area contributed by atoms with Crippen molar-refractivity contribution in [3.8, 4) is 0 Å². The number of carboxylic acid groups (broad SMARTS) is 1. The number of carboxylic acids is 1. The summed E-state index contributed by atoms with van der Waals surface area (Å²) in [4.78, 5) is 18.3. The molecule has 0 saturated heterocycles. The van der Waals surface area contributed by atoms with Crippen molar-refractivity contribution in [3.05, 3.63) is 34.9 Å². The van der Waals surface area contributed by atoms with Crippen LogP contribution in [0.1, 0.15) is 10.5 Å². The van der Waals surface area contributed by atoms with E-state index in [-0.39, 0.29) is 5.69 Å². The largest absolute Gasteiger partial charge is 0.476 e. The fraction of sp³-hybridized carbons (Fsp3) is 0. The Morgan fingerprint density at radius 1 is 1.47 bits per heavy atom. The van der Waals surface area contributed by atoms with Crippen LogP contribution < -0.4 is 5.32 Å². The van der Waals surface area contributed by atoms with E-state index in [0.717, 1.165) is 5.69 Å². The first-order valence-electron chi connectivity index (χ1n) is 4.10. The molecule has 6 heteroatoms. The van der Waals surface area contributed by atoms with Crippen molar-refractivity contribution >= 4 is 28.8 Å². The molecule has 2 heterocycles. The fourth-order valence-electron chi connectivity index (χ4n) is 1.01. The Morgan fingerprint density at radius 2 is 2.33 bits per heavy atom. The SMILES string of the molecule is O=C(O)c1cncc(Nc2ccsc2)n1. The second-order valence-electron chi connectivity index (χ2n) is 2.73. The normalized spacial score (nSPS) is 9.87. The predicted octanol–water partition coefficient (Wildman–Crippen LogP) is 1.98. The second kappa shape index (κ2) is 4.05. The van der Waals surface area contributed by atoms with Crippen LogP contribution in [0, 0.1) is 0 Å². The van der Waals surface area contributed by atoms with Gasteiger partial charge in [-0.3, -0.25) is 4.98 Å². The molecule has 0 fully saturated rings. The van der Waals surface area contributed by atoms with E-state index >= 15 is 0 Å². The maximum atomic E-state index is 10.6. The summed E-state index contributed by atoms with van der Waals surface area (Å²) in [5.74, 6) is -0.662. The second-order valence-corrected chi connectivity index (χ2v) is 3.51. The lowest BCUT2D eigenvalue weighted by Gasteiger charge is -2.02. The number of nitrogens with one attached hydrogen (secondary N) is 1. The van der Waals surface area contributed by atoms with Crippen LogP contribution >= 0.6 is 11.3 Å². The van der Waals surface area contributed by atoms with Crippen LogP contribution in [0.4, 0.5) is 11.5 Å². The van der Waals surface area contributed by atoms with Gasteiger partial charge in [0, 0.05) is 5.38 Å². The fourth-order valence-corrected chi connectivity index (χ4v) is 1.60. The van der Waals surface area contributed by atoms with Crippen molar-refractivity contribution in [1.29, 1.82) is 0 Å². The van der Waals surface area contributed by atoms with Crippen molar-refractivity contribution in [1.82, 2.24) is 9.97 Å². The van der Waals surface area contributed by atoms with Crippen molar-refractivity contribution < 1.29 is 9.90 Å². The summed E-state index contributed by atoms with van der Waals surface area (Å²) in [5.41, 5.74) is 0.798. The summed E-state index contributed by atoms with van der Waals surface area (Å²) < 4.78 is 0. The van der Waals surface area contributed by atoms with Crippen molar-refractivity contribution in [2.75, 3.05) is 5.32 Å². The lowest BCUT2D eigenvalue weighted by Crippen LogP contribution is -2.03. The van der Waals surface area contributed by atoms with Gasteiger partial charge < -0.3 is 10.4 Å². The quantitative estimate of drug-likeness (QED) is 0.828. The number of hydrogen-bond donors (Lipinski definition) is 2. The lowest BCUT2D eigenvalue weighted by atomic mass is 10.4. The zero-order valence-corrected chi connectivity index (χ0v) is 8.36. The molecule has 0 aliphatic carbocycles. The van der Waals surface area contributed by atoms with Crippen molar-refractivity contribution in [3.63, 3.8) is 0 Å². The molecule has 0 amide bonds. The summed E-state index contributed by atoms with van der Waals surface area (Å²) in [6.07, 6.45) is 2.69. The van der Waals surface area contributed by atoms with E-state index in [9.17, 15) is 4.79 Å². The Hall–Kier alpha value is -1.95. The Balaban J connectivity index is 2.22. The van der Waals surface area contributed by atoms with Gasteiger partial charge in [0.15, 0.2) is 5.69 Å². The number of anilines is 2. The minimum Gasteiger partial charge on any atom is -0.476 e. The highest BCUT2D eigenvalue weighted by atomic mass is 32.1. The molecule has 2 N–H and O–H groups in total. The first-order chi connectivity index (χ1) is 7.25. The van der Waals surface area contributed by atoms with Crippen LogP contribution in [-0.2, 0) is 0 Å². The first kappa shape index (κ1) is 9.60. The first-order valence-corrected chi connectivity index (χ1v) is 5.04. The van der Waals surface area contributed by atoms with Gasteiger partial charge in [-0.2, -0.15) is 11.3 Å². The molecule has 2 rings (SSSR count). The molecule has 0 aliphatic heterocycles. The van der Waals surface area contributed by atoms with Gasteiger partial charge in [0.1, 0.15) is 5.82 Å². The van der Waals surface area contributed by atoms with Crippen molar-refractivity contribution in [2.24, 2.45) is 0 Å². The van der Waals surface area contributed by atoms with Crippen LogP contribution in [0.25, 0.3) is 0 Å². The Morgan fingerprint density at radius 3 is 3.00 bits per heavy atom. The molecular formula is C9H7N3O2S. The van der Waals surface area contributed by atoms with Crippen LogP contribution in [0.2, 0.25) is 0 Å². The number of carbonyl (C=O) groups is 1. The van der Waals surface area contributed by atoms with E-state index in [2.05, 4.69) is 15.3 Å². The topological polar surface area (TPSA) is 75.1 Å². The van der Waals surface area contributed by atoms with Crippen LogP contribution in [0.15, 0.2) is 29.2 Å². The summed E-state index contributed by atoms with van der Waals surface area (Å²) in [5, 5.41) is 15.5. The minimum atomic E-state index is -1.09. The molecule has 5 nitrogen and oxygen atoms in total. The van der Waals surface area contributed by atoms with Crippen molar-refractivity contribution in [2.45, 2.75) is 0 Å². The molecule has 2 aromatic heterocycles. The van der Waals surface area contributed by atoms with E-state index in [4.69, 9.17) is 5.11 Å². The monoisotopic (exact) mass is 221 g/mol. The molecule has 0 aliphatic rings. The number of rotatable bonds is 3. The van der Waals surface area contributed by atoms with Gasteiger partial charge in [0.25, 0.3) is 0 Å². The zero-order chi connectivity index (χ0) is 10.7. The molecule has 0 spiro atoms. The van der Waals surface area contributed by atoms with Gasteiger partial charge in [0.2, 0.25) is 0 Å². The molecule has 0 radical (unpaired) electrons. The van der Waals surface area contributed by atoms with E-state index in [1.165, 1.54) is 12.4 Å². The number of nitrogens with zero attached hydrogens (tertiary/aromatic N) is 2.